The van der Waals surface area contributed by atoms with E-state index >= 15 is 0 Å². The highest BCUT2D eigenvalue weighted by atomic mass is 32.2. The van der Waals surface area contributed by atoms with Crippen molar-refractivity contribution in [2.24, 2.45) is 0 Å². The zero-order chi connectivity index (χ0) is 22.1. The lowest BCUT2D eigenvalue weighted by atomic mass is 10.0. The molecule has 1 amide bonds. The molecule has 3 aliphatic rings. The van der Waals surface area contributed by atoms with E-state index in [4.69, 9.17) is 17.0 Å². The average Bonchev–Trinajstić information content (AvgIpc) is 3.50. The summed E-state index contributed by atoms with van der Waals surface area (Å²) < 4.78 is 7.87. The maximum Gasteiger partial charge on any atom is 0.270 e. The number of amides is 1. The number of nitriles is 1. The molecule has 0 bridgehead atoms. The number of ether oxygens (including phenoxy) is 1. The highest BCUT2D eigenvalue weighted by Gasteiger charge is 2.35. The van der Waals surface area contributed by atoms with Gasteiger partial charge in [-0.25, -0.2) is 0 Å². The Morgan fingerprint density at radius 1 is 1.29 bits per heavy atom. The Labute approximate surface area is 191 Å². The molecule has 3 saturated heterocycles. The predicted molar refractivity (Wildman–Crippen MR) is 126 cm³/mol. The van der Waals surface area contributed by atoms with E-state index in [0.29, 0.717) is 27.9 Å². The largest absolute Gasteiger partial charge is 0.376 e. The van der Waals surface area contributed by atoms with Gasteiger partial charge in [0.15, 0.2) is 0 Å². The maximum absolute atomic E-state index is 13.2. The fourth-order valence-corrected chi connectivity index (χ4v) is 5.74. The Morgan fingerprint density at radius 2 is 2.03 bits per heavy atom. The molecular formula is C22H26N4O3S2. The molecule has 0 N–H and O–H groups in total. The third-order valence-electron chi connectivity index (χ3n) is 6.13. The molecule has 9 heteroatoms. The van der Waals surface area contributed by atoms with E-state index in [9.17, 15) is 14.9 Å². The summed E-state index contributed by atoms with van der Waals surface area (Å²) in [7, 11) is 0. The Bertz CT molecular complexity index is 1040. The van der Waals surface area contributed by atoms with Gasteiger partial charge in [-0.05, 0) is 51.2 Å². The second-order valence-corrected chi connectivity index (χ2v) is 9.70. The molecular weight excluding hydrogens is 432 g/mol. The predicted octanol–water partition coefficient (Wildman–Crippen LogP) is 3.03. The van der Waals surface area contributed by atoms with Crippen LogP contribution in [0.4, 0.5) is 5.82 Å². The Morgan fingerprint density at radius 3 is 2.65 bits per heavy atom. The Balaban J connectivity index is 1.79. The van der Waals surface area contributed by atoms with Gasteiger partial charge >= 0.3 is 0 Å². The number of carbonyl (C=O) groups excluding carboxylic acids is 1. The molecule has 31 heavy (non-hydrogen) atoms. The van der Waals surface area contributed by atoms with Crippen LogP contribution in [0.15, 0.2) is 9.70 Å². The molecule has 3 aliphatic heterocycles. The van der Waals surface area contributed by atoms with E-state index in [1.165, 1.54) is 11.8 Å². The van der Waals surface area contributed by atoms with Gasteiger partial charge in [0.25, 0.3) is 11.5 Å². The molecule has 0 spiro atoms. The summed E-state index contributed by atoms with van der Waals surface area (Å²) in [6, 6.07) is 2.07. The third kappa shape index (κ3) is 4.04. The van der Waals surface area contributed by atoms with Gasteiger partial charge in [-0.3, -0.25) is 19.1 Å². The van der Waals surface area contributed by atoms with Crippen molar-refractivity contribution in [2.75, 3.05) is 31.1 Å². The quantitative estimate of drug-likeness (QED) is 0.496. The number of anilines is 1. The fourth-order valence-electron chi connectivity index (χ4n) is 4.49. The standard InChI is InChI=1S/C22H26N4O3S2/c1-3-25-19(24-8-4-5-9-24)16(14(2)17(12-23)20(25)27)11-18-21(28)26(22(30)31-18)13-15-7-6-10-29-15/h11,15H,3-10,13H2,1-2H3/b18-11+. The highest BCUT2D eigenvalue weighted by molar-refractivity contribution is 8.26. The van der Waals surface area contributed by atoms with Gasteiger partial charge in [0.2, 0.25) is 0 Å². The van der Waals surface area contributed by atoms with Crippen molar-refractivity contribution in [1.29, 1.82) is 5.26 Å². The van der Waals surface area contributed by atoms with Gasteiger partial charge in [-0.1, -0.05) is 24.0 Å². The molecule has 7 nitrogen and oxygen atoms in total. The van der Waals surface area contributed by atoms with Crippen LogP contribution in [0.5, 0.6) is 0 Å². The summed E-state index contributed by atoms with van der Waals surface area (Å²) in [6.45, 7) is 7.06. The zero-order valence-corrected chi connectivity index (χ0v) is 19.5. The van der Waals surface area contributed by atoms with Crippen molar-refractivity contribution in [2.45, 2.75) is 52.2 Å². The first-order chi connectivity index (χ1) is 15.0. The molecule has 0 saturated carbocycles. The summed E-state index contributed by atoms with van der Waals surface area (Å²) in [5.74, 6) is 0.663. The first-order valence-electron chi connectivity index (χ1n) is 10.8. The number of thioether (sulfide) groups is 1. The van der Waals surface area contributed by atoms with Crippen molar-refractivity contribution in [1.82, 2.24) is 9.47 Å². The van der Waals surface area contributed by atoms with Crippen LogP contribution in [0.3, 0.4) is 0 Å². The minimum Gasteiger partial charge on any atom is -0.376 e. The minimum absolute atomic E-state index is 0.0240. The molecule has 0 aliphatic carbocycles. The van der Waals surface area contributed by atoms with Crippen molar-refractivity contribution >= 4 is 46.1 Å². The van der Waals surface area contributed by atoms with E-state index in [-0.39, 0.29) is 23.1 Å². The van der Waals surface area contributed by atoms with Gasteiger partial charge in [0.05, 0.1) is 17.6 Å². The van der Waals surface area contributed by atoms with Gasteiger partial charge in [-0.2, -0.15) is 5.26 Å². The number of hydrogen-bond acceptors (Lipinski definition) is 7. The Kier molecular flexibility index (Phi) is 6.51. The Hall–Kier alpha value is -2.15. The molecule has 4 rings (SSSR count). The molecule has 1 atom stereocenters. The monoisotopic (exact) mass is 458 g/mol. The minimum atomic E-state index is -0.271. The van der Waals surface area contributed by atoms with Crippen LogP contribution in [0, 0.1) is 18.3 Å². The lowest BCUT2D eigenvalue weighted by Crippen LogP contribution is -2.35. The van der Waals surface area contributed by atoms with E-state index in [1.54, 1.807) is 16.4 Å². The third-order valence-corrected chi connectivity index (χ3v) is 7.51. The first kappa shape index (κ1) is 22.1. The highest BCUT2D eigenvalue weighted by Crippen LogP contribution is 2.37. The zero-order valence-electron chi connectivity index (χ0n) is 17.8. The van der Waals surface area contributed by atoms with Crippen LogP contribution < -0.4 is 10.5 Å². The van der Waals surface area contributed by atoms with Gasteiger partial charge in [0, 0.05) is 31.8 Å². The van der Waals surface area contributed by atoms with Gasteiger partial charge in [-0.15, -0.1) is 0 Å². The van der Waals surface area contributed by atoms with Crippen molar-refractivity contribution < 1.29 is 9.53 Å². The lowest BCUT2D eigenvalue weighted by Gasteiger charge is -2.26. The number of pyridine rings is 1. The van der Waals surface area contributed by atoms with E-state index < -0.39 is 0 Å². The van der Waals surface area contributed by atoms with Crippen molar-refractivity contribution in [3.63, 3.8) is 0 Å². The maximum atomic E-state index is 13.2. The SMILES string of the molecule is CCn1c(N2CCCC2)c(/C=C2/SC(=S)N(CC3CCCO3)C2=O)c(C)c(C#N)c1=O. The van der Waals surface area contributed by atoms with E-state index in [1.807, 2.05) is 13.0 Å². The molecule has 1 unspecified atom stereocenters. The second-order valence-electron chi connectivity index (χ2n) is 8.02. The fraction of sp³-hybridized carbons (Fsp3) is 0.545. The molecule has 3 fully saturated rings. The average molecular weight is 459 g/mol. The summed E-state index contributed by atoms with van der Waals surface area (Å²) >= 11 is 6.77. The van der Waals surface area contributed by atoms with Crippen LogP contribution in [0.25, 0.3) is 6.08 Å². The van der Waals surface area contributed by atoms with Crippen LogP contribution in [0.1, 0.15) is 49.3 Å². The smallest absolute Gasteiger partial charge is 0.270 e. The molecule has 1 aromatic rings. The van der Waals surface area contributed by atoms with Crippen molar-refractivity contribution in [3.05, 3.63) is 31.9 Å². The summed E-state index contributed by atoms with van der Waals surface area (Å²) in [6.07, 6.45) is 5.89. The number of hydrogen-bond donors (Lipinski definition) is 0. The van der Waals surface area contributed by atoms with Gasteiger partial charge in [0.1, 0.15) is 21.8 Å². The van der Waals surface area contributed by atoms with Crippen LogP contribution >= 0.6 is 24.0 Å². The van der Waals surface area contributed by atoms with E-state index in [0.717, 1.165) is 56.8 Å². The molecule has 4 heterocycles. The van der Waals surface area contributed by atoms with E-state index in [2.05, 4.69) is 11.0 Å². The summed E-state index contributed by atoms with van der Waals surface area (Å²) in [5, 5.41) is 9.64. The van der Waals surface area contributed by atoms with Crippen LogP contribution in [-0.2, 0) is 16.1 Å². The van der Waals surface area contributed by atoms with Crippen molar-refractivity contribution in [3.8, 4) is 6.07 Å². The lowest BCUT2D eigenvalue weighted by molar-refractivity contribution is -0.123. The van der Waals surface area contributed by atoms with Gasteiger partial charge < -0.3 is 9.64 Å². The number of carbonyl (C=O) groups is 1. The molecule has 0 radical (unpaired) electrons. The topological polar surface area (TPSA) is 78.6 Å². The first-order valence-corrected chi connectivity index (χ1v) is 12.0. The molecule has 1 aromatic heterocycles. The normalized spacial score (nSPS) is 22.7. The number of aromatic nitrogens is 1. The second kappa shape index (κ2) is 9.15. The number of thiocarbonyl (C=S) groups is 1. The van der Waals surface area contributed by atoms with Crippen LogP contribution in [0.2, 0.25) is 0 Å². The number of rotatable bonds is 5. The van der Waals surface area contributed by atoms with Crippen LogP contribution in [-0.4, -0.2) is 52.0 Å². The summed E-state index contributed by atoms with van der Waals surface area (Å²) in [4.78, 5) is 30.5. The molecule has 0 aromatic carbocycles. The molecule has 164 valence electrons. The number of nitrogens with zero attached hydrogens (tertiary/aromatic N) is 4. The summed E-state index contributed by atoms with van der Waals surface area (Å²) in [5.41, 5.74) is 1.24.